The van der Waals surface area contributed by atoms with Gasteiger partial charge in [0, 0.05) is 36.4 Å². The summed E-state index contributed by atoms with van der Waals surface area (Å²) < 4.78 is 0. The van der Waals surface area contributed by atoms with Gasteiger partial charge in [-0.15, -0.1) is 0 Å². The molecule has 222 valence electrons. The Kier molecular flexibility index (Phi) is 9.17. The Balaban J connectivity index is 1.17. The topological polar surface area (TPSA) is 73.5 Å². The predicted octanol–water partition coefficient (Wildman–Crippen LogP) is 7.92. The average molecular weight is 583 g/mol. The molecule has 6 nitrogen and oxygen atoms in total. The number of nitrogens with one attached hydrogen (secondary N) is 3. The fraction of sp³-hybridized carbons (Fsp3) is 0.211. The lowest BCUT2D eigenvalue weighted by atomic mass is 9.89. The van der Waals surface area contributed by atoms with E-state index in [0.717, 1.165) is 60.9 Å². The molecule has 0 radical (unpaired) electrons. The van der Waals surface area contributed by atoms with Gasteiger partial charge in [-0.05, 0) is 72.4 Å². The van der Waals surface area contributed by atoms with Gasteiger partial charge in [-0.25, -0.2) is 4.79 Å². The molecule has 6 rings (SSSR count). The summed E-state index contributed by atoms with van der Waals surface area (Å²) in [4.78, 5) is 29.0. The quantitative estimate of drug-likeness (QED) is 0.165. The molecule has 1 saturated heterocycles. The molecule has 0 bridgehead atoms. The van der Waals surface area contributed by atoms with Crippen LogP contribution in [0.3, 0.4) is 0 Å². The third-order valence-electron chi connectivity index (χ3n) is 8.40. The second-order valence-electron chi connectivity index (χ2n) is 11.4. The smallest absolute Gasteiger partial charge is 0.323 e. The Labute approximate surface area is 259 Å². The van der Waals surface area contributed by atoms with Gasteiger partial charge < -0.3 is 20.9 Å². The number of nitrogens with zero attached hydrogens (tertiary/aromatic N) is 1. The molecule has 1 fully saturated rings. The number of fused-ring (bicyclic) bond motifs is 1. The number of benzene rings is 5. The van der Waals surface area contributed by atoms with E-state index in [0.29, 0.717) is 23.7 Å². The van der Waals surface area contributed by atoms with Crippen molar-refractivity contribution < 1.29 is 9.59 Å². The maximum absolute atomic E-state index is 13.6. The van der Waals surface area contributed by atoms with Crippen LogP contribution in [0.2, 0.25) is 0 Å². The van der Waals surface area contributed by atoms with Crippen LogP contribution in [0.5, 0.6) is 0 Å². The number of hydrogen-bond donors (Lipinski definition) is 3. The second kappa shape index (κ2) is 13.9. The van der Waals surface area contributed by atoms with Gasteiger partial charge in [0.25, 0.3) is 5.91 Å². The molecular weight excluding hydrogens is 544 g/mol. The Morgan fingerprint density at radius 1 is 0.705 bits per heavy atom. The predicted molar refractivity (Wildman–Crippen MR) is 181 cm³/mol. The summed E-state index contributed by atoms with van der Waals surface area (Å²) in [5, 5.41) is 11.1. The number of carbonyl (C=O) groups excluding carboxylic acids is 2. The first-order chi connectivity index (χ1) is 21.6. The molecular formula is C38H38N4O2. The zero-order valence-electron chi connectivity index (χ0n) is 24.8. The largest absolute Gasteiger partial charge is 0.371 e. The minimum absolute atomic E-state index is 0.138. The molecule has 1 aliphatic heterocycles. The van der Waals surface area contributed by atoms with Gasteiger partial charge in [0.05, 0.1) is 11.3 Å². The molecule has 0 aliphatic carbocycles. The normalized spacial score (nSPS) is 13.4. The van der Waals surface area contributed by atoms with Crippen molar-refractivity contribution in [1.82, 2.24) is 5.32 Å². The zero-order valence-corrected chi connectivity index (χ0v) is 24.8. The fourth-order valence-electron chi connectivity index (χ4n) is 6.08. The van der Waals surface area contributed by atoms with Gasteiger partial charge in [0.15, 0.2) is 0 Å². The first-order valence-corrected chi connectivity index (χ1v) is 15.4. The average Bonchev–Trinajstić information content (AvgIpc) is 3.06. The van der Waals surface area contributed by atoms with Crippen LogP contribution < -0.4 is 20.9 Å². The number of carbonyl (C=O) groups is 2. The number of hydrogen-bond acceptors (Lipinski definition) is 3. The van der Waals surface area contributed by atoms with Gasteiger partial charge in [-0.2, -0.15) is 0 Å². The van der Waals surface area contributed by atoms with Crippen molar-refractivity contribution in [3.63, 3.8) is 0 Å². The highest BCUT2D eigenvalue weighted by Crippen LogP contribution is 2.30. The van der Waals surface area contributed by atoms with E-state index in [2.05, 4.69) is 63.3 Å². The highest BCUT2D eigenvalue weighted by molar-refractivity contribution is 6.07. The van der Waals surface area contributed by atoms with Crippen molar-refractivity contribution in [3.05, 3.63) is 138 Å². The Morgan fingerprint density at radius 3 is 2.16 bits per heavy atom. The maximum atomic E-state index is 13.6. The molecule has 0 spiro atoms. The minimum Gasteiger partial charge on any atom is -0.371 e. The van der Waals surface area contributed by atoms with Crippen LogP contribution in [0.25, 0.3) is 10.8 Å². The standard InChI is InChI=1S/C38H38N4O2/c43-37(39-23-20-28-10-3-1-4-11-28)34-27-32(40-38(44)41-35-17-9-15-31-14-7-8-16-33(31)35)18-19-36(34)42-24-21-30(22-25-42)26-29-12-5-2-6-13-29/h1-19,27,30H,20-26H2,(H,39,43)(H2,40,41,44). The summed E-state index contributed by atoms with van der Waals surface area (Å²) >= 11 is 0. The van der Waals surface area contributed by atoms with E-state index in [-0.39, 0.29) is 11.9 Å². The SMILES string of the molecule is O=C(Nc1ccc(N2CCC(Cc3ccccc3)CC2)c(C(=O)NCCc2ccccc2)c1)Nc1cccc2ccccc12. The molecule has 3 N–H and O–H groups in total. The van der Waals surface area contributed by atoms with Crippen molar-refractivity contribution in [1.29, 1.82) is 0 Å². The van der Waals surface area contributed by atoms with Crippen molar-refractivity contribution in [2.75, 3.05) is 35.2 Å². The van der Waals surface area contributed by atoms with Gasteiger partial charge in [-0.3, -0.25) is 4.79 Å². The molecule has 1 aliphatic rings. The summed E-state index contributed by atoms with van der Waals surface area (Å²) in [6.07, 6.45) is 3.96. The van der Waals surface area contributed by atoms with Crippen molar-refractivity contribution in [2.45, 2.75) is 25.7 Å². The van der Waals surface area contributed by atoms with E-state index in [1.165, 1.54) is 11.1 Å². The highest BCUT2D eigenvalue weighted by Gasteiger charge is 2.24. The second-order valence-corrected chi connectivity index (χ2v) is 11.4. The van der Waals surface area contributed by atoms with Crippen molar-refractivity contribution in [3.8, 4) is 0 Å². The van der Waals surface area contributed by atoms with E-state index >= 15 is 0 Å². The van der Waals surface area contributed by atoms with Gasteiger partial charge in [0.2, 0.25) is 0 Å². The van der Waals surface area contributed by atoms with Gasteiger partial charge in [0.1, 0.15) is 0 Å². The molecule has 44 heavy (non-hydrogen) atoms. The van der Waals surface area contributed by atoms with Crippen LogP contribution in [0.1, 0.15) is 34.3 Å². The Bertz CT molecular complexity index is 1710. The van der Waals surface area contributed by atoms with Crippen LogP contribution in [0.15, 0.2) is 121 Å². The number of piperidine rings is 1. The fourth-order valence-corrected chi connectivity index (χ4v) is 6.08. The minimum atomic E-state index is -0.355. The third kappa shape index (κ3) is 7.27. The molecule has 0 unspecified atom stereocenters. The molecule has 0 atom stereocenters. The Hall–Kier alpha value is -5.10. The highest BCUT2D eigenvalue weighted by atomic mass is 16.2. The number of amides is 3. The molecule has 5 aromatic rings. The lowest BCUT2D eigenvalue weighted by Crippen LogP contribution is -2.36. The number of urea groups is 1. The van der Waals surface area contributed by atoms with E-state index in [4.69, 9.17) is 0 Å². The zero-order chi connectivity index (χ0) is 30.1. The first kappa shape index (κ1) is 29.0. The first-order valence-electron chi connectivity index (χ1n) is 15.4. The summed E-state index contributed by atoms with van der Waals surface area (Å²) in [5.74, 6) is 0.482. The molecule has 0 aromatic heterocycles. The van der Waals surface area contributed by atoms with E-state index in [1.54, 1.807) is 6.07 Å². The van der Waals surface area contributed by atoms with Crippen LogP contribution in [0, 0.1) is 5.92 Å². The summed E-state index contributed by atoms with van der Waals surface area (Å²) in [5.41, 5.74) is 5.33. The summed E-state index contributed by atoms with van der Waals surface area (Å²) in [6.45, 7) is 2.30. The lowest BCUT2D eigenvalue weighted by Gasteiger charge is -2.35. The molecule has 5 aromatic carbocycles. The monoisotopic (exact) mass is 582 g/mol. The van der Waals surface area contributed by atoms with Gasteiger partial charge >= 0.3 is 6.03 Å². The number of rotatable bonds is 9. The Morgan fingerprint density at radius 2 is 1.39 bits per heavy atom. The summed E-state index contributed by atoms with van der Waals surface area (Å²) in [6, 6.07) is 39.9. The summed E-state index contributed by atoms with van der Waals surface area (Å²) in [7, 11) is 0. The molecule has 6 heteroatoms. The van der Waals surface area contributed by atoms with Crippen LogP contribution in [0.4, 0.5) is 21.9 Å². The van der Waals surface area contributed by atoms with E-state index < -0.39 is 0 Å². The van der Waals surface area contributed by atoms with Crippen molar-refractivity contribution in [2.24, 2.45) is 5.92 Å². The van der Waals surface area contributed by atoms with Crippen molar-refractivity contribution >= 4 is 39.8 Å². The van der Waals surface area contributed by atoms with E-state index in [1.807, 2.05) is 72.8 Å². The third-order valence-corrected chi connectivity index (χ3v) is 8.40. The van der Waals surface area contributed by atoms with Crippen LogP contribution in [-0.4, -0.2) is 31.6 Å². The lowest BCUT2D eigenvalue weighted by molar-refractivity contribution is 0.0954. The van der Waals surface area contributed by atoms with Gasteiger partial charge in [-0.1, -0.05) is 97.1 Å². The number of anilines is 3. The maximum Gasteiger partial charge on any atom is 0.323 e. The molecule has 0 saturated carbocycles. The van der Waals surface area contributed by atoms with Crippen LogP contribution >= 0.6 is 0 Å². The molecule has 1 heterocycles. The van der Waals surface area contributed by atoms with Crippen LogP contribution in [-0.2, 0) is 12.8 Å². The molecule has 3 amide bonds. The van der Waals surface area contributed by atoms with E-state index in [9.17, 15) is 9.59 Å².